The van der Waals surface area contributed by atoms with Crippen LogP contribution in [-0.2, 0) is 19.5 Å². The number of imidazole rings is 1. The van der Waals surface area contributed by atoms with Gasteiger partial charge in [0.25, 0.3) is 5.91 Å². The Morgan fingerprint density at radius 2 is 1.88 bits per heavy atom. The molecule has 1 amide bonds. The monoisotopic (exact) mass is 429 g/mol. The lowest BCUT2D eigenvalue weighted by Crippen LogP contribution is -2.43. The number of hydrogen-bond donors (Lipinski definition) is 3. The van der Waals surface area contributed by atoms with E-state index in [2.05, 4.69) is 47.5 Å². The highest BCUT2D eigenvalue weighted by molar-refractivity contribution is 6.06. The maximum Gasteiger partial charge on any atom is 0.254 e. The predicted molar refractivity (Wildman–Crippen MR) is 124 cm³/mol. The number of aryl methyl sites for hydroxylation is 1. The van der Waals surface area contributed by atoms with Crippen LogP contribution in [0.3, 0.4) is 0 Å². The van der Waals surface area contributed by atoms with Gasteiger partial charge in [-0.1, -0.05) is 6.07 Å². The van der Waals surface area contributed by atoms with Gasteiger partial charge in [0, 0.05) is 51.3 Å². The molecule has 0 unspecified atom stereocenters. The van der Waals surface area contributed by atoms with Gasteiger partial charge in [-0.15, -0.1) is 0 Å². The first-order valence-corrected chi connectivity index (χ1v) is 11.5. The molecule has 2 aromatic heterocycles. The van der Waals surface area contributed by atoms with E-state index in [1.165, 1.54) is 12.8 Å². The fraction of sp³-hybridized carbons (Fsp3) is 0.375. The summed E-state index contributed by atoms with van der Waals surface area (Å²) in [6.07, 6.45) is 7.25. The topological polar surface area (TPSA) is 87.1 Å². The SMILES string of the molecule is O=C1NCc2c(-c3cnc4n3CCCC4)ccc(Nc3ccc(N4CCNCC4)cn3)c21. The van der Waals surface area contributed by atoms with Crippen molar-refractivity contribution in [1.82, 2.24) is 25.2 Å². The molecule has 32 heavy (non-hydrogen) atoms. The van der Waals surface area contributed by atoms with Crippen LogP contribution < -0.4 is 20.9 Å². The van der Waals surface area contributed by atoms with Gasteiger partial charge in [0.15, 0.2) is 0 Å². The van der Waals surface area contributed by atoms with E-state index in [-0.39, 0.29) is 5.91 Å². The number of carbonyl (C=O) groups excluding carboxylic acids is 1. The normalized spacial score (nSPS) is 17.6. The molecule has 0 aliphatic carbocycles. The Kier molecular flexibility index (Phi) is 4.79. The van der Waals surface area contributed by atoms with Crippen LogP contribution in [0.5, 0.6) is 0 Å². The molecule has 0 radical (unpaired) electrons. The van der Waals surface area contributed by atoms with Crippen LogP contribution in [0.2, 0.25) is 0 Å². The third kappa shape index (κ3) is 3.31. The highest BCUT2D eigenvalue weighted by atomic mass is 16.1. The number of carbonyl (C=O) groups is 1. The minimum Gasteiger partial charge on any atom is -0.368 e. The van der Waals surface area contributed by atoms with Crippen molar-refractivity contribution in [3.63, 3.8) is 0 Å². The van der Waals surface area contributed by atoms with Gasteiger partial charge in [0.1, 0.15) is 11.6 Å². The number of nitrogens with zero attached hydrogens (tertiary/aromatic N) is 4. The zero-order valence-corrected chi connectivity index (χ0v) is 18.0. The second-order valence-corrected chi connectivity index (χ2v) is 8.63. The third-order valence-electron chi connectivity index (χ3n) is 6.70. The van der Waals surface area contributed by atoms with Gasteiger partial charge >= 0.3 is 0 Å². The standard InChI is InChI=1S/C24H27N7O/c32-24-23-18(14-28-24)17(20-15-27-22-3-1-2-10-31(20)22)5-6-19(23)29-21-7-4-16(13-26-21)30-11-8-25-9-12-30/h4-7,13,15,25H,1-3,8-12,14H2,(H,26,29)(H,28,32). The largest absolute Gasteiger partial charge is 0.368 e. The molecule has 0 saturated carbocycles. The average Bonchev–Trinajstić information content (AvgIpc) is 3.45. The third-order valence-corrected chi connectivity index (χ3v) is 6.70. The zero-order valence-electron chi connectivity index (χ0n) is 18.0. The van der Waals surface area contributed by atoms with E-state index in [1.54, 1.807) is 0 Å². The summed E-state index contributed by atoms with van der Waals surface area (Å²) in [5.41, 5.74) is 5.86. The van der Waals surface area contributed by atoms with E-state index < -0.39 is 0 Å². The summed E-state index contributed by atoms with van der Waals surface area (Å²) >= 11 is 0. The molecule has 0 spiro atoms. The molecular weight excluding hydrogens is 402 g/mol. The summed E-state index contributed by atoms with van der Waals surface area (Å²) < 4.78 is 2.31. The maximum atomic E-state index is 12.7. The van der Waals surface area contributed by atoms with Crippen LogP contribution in [0.4, 0.5) is 17.2 Å². The van der Waals surface area contributed by atoms with Crippen molar-refractivity contribution in [3.8, 4) is 11.3 Å². The van der Waals surface area contributed by atoms with Crippen molar-refractivity contribution in [1.29, 1.82) is 0 Å². The Labute approximate surface area is 187 Å². The van der Waals surface area contributed by atoms with Gasteiger partial charge in [0.2, 0.25) is 0 Å². The van der Waals surface area contributed by atoms with Crippen LogP contribution in [-0.4, -0.2) is 46.6 Å². The lowest BCUT2D eigenvalue weighted by atomic mass is 9.98. The fourth-order valence-corrected chi connectivity index (χ4v) is 5.03. The summed E-state index contributed by atoms with van der Waals surface area (Å²) in [6.45, 7) is 5.49. The number of piperazine rings is 1. The van der Waals surface area contributed by atoms with Crippen molar-refractivity contribution in [3.05, 3.63) is 53.6 Å². The molecule has 8 heteroatoms. The van der Waals surface area contributed by atoms with E-state index in [0.29, 0.717) is 12.1 Å². The summed E-state index contributed by atoms with van der Waals surface area (Å²) in [4.78, 5) is 24.3. The first-order chi connectivity index (χ1) is 15.8. The number of fused-ring (bicyclic) bond motifs is 2. The minimum absolute atomic E-state index is 0.0415. The summed E-state index contributed by atoms with van der Waals surface area (Å²) in [5, 5.41) is 9.75. The molecule has 0 atom stereocenters. The second kappa shape index (κ2) is 7.94. The highest BCUT2D eigenvalue weighted by Gasteiger charge is 2.28. The molecule has 164 valence electrons. The molecule has 1 fully saturated rings. The van der Waals surface area contributed by atoms with Gasteiger partial charge < -0.3 is 25.4 Å². The number of aromatic nitrogens is 3. The Morgan fingerprint density at radius 1 is 0.969 bits per heavy atom. The van der Waals surface area contributed by atoms with Gasteiger partial charge in [-0.25, -0.2) is 9.97 Å². The zero-order chi connectivity index (χ0) is 21.5. The minimum atomic E-state index is -0.0415. The van der Waals surface area contributed by atoms with Crippen LogP contribution >= 0.6 is 0 Å². The lowest BCUT2D eigenvalue weighted by Gasteiger charge is -2.29. The molecule has 1 saturated heterocycles. The lowest BCUT2D eigenvalue weighted by molar-refractivity contribution is 0.0966. The molecule has 3 aliphatic heterocycles. The van der Waals surface area contributed by atoms with Crippen LogP contribution in [0.15, 0.2) is 36.7 Å². The second-order valence-electron chi connectivity index (χ2n) is 8.63. The Hall–Kier alpha value is -3.39. The van der Waals surface area contributed by atoms with Gasteiger partial charge in [-0.05, 0) is 36.6 Å². The average molecular weight is 430 g/mol. The van der Waals surface area contributed by atoms with E-state index in [0.717, 1.165) is 79.0 Å². The Balaban J connectivity index is 1.31. The maximum absolute atomic E-state index is 12.7. The molecule has 8 nitrogen and oxygen atoms in total. The highest BCUT2D eigenvalue weighted by Crippen LogP contribution is 2.36. The van der Waals surface area contributed by atoms with E-state index in [1.807, 2.05) is 24.5 Å². The van der Waals surface area contributed by atoms with E-state index in [9.17, 15) is 4.79 Å². The predicted octanol–water partition coefficient (Wildman–Crippen LogP) is 2.68. The first-order valence-electron chi connectivity index (χ1n) is 11.5. The smallest absolute Gasteiger partial charge is 0.254 e. The number of rotatable bonds is 4. The van der Waals surface area contributed by atoms with Crippen LogP contribution in [0.25, 0.3) is 11.3 Å². The van der Waals surface area contributed by atoms with Gasteiger partial charge in [-0.3, -0.25) is 4.79 Å². The van der Waals surface area contributed by atoms with Crippen molar-refractivity contribution in [2.45, 2.75) is 32.4 Å². The number of hydrogen-bond acceptors (Lipinski definition) is 6. The number of amides is 1. The Bertz CT molecular complexity index is 1160. The molecule has 3 N–H and O–H groups in total. The molecule has 1 aromatic carbocycles. The summed E-state index contributed by atoms with van der Waals surface area (Å²) in [6, 6.07) is 8.18. The van der Waals surface area contributed by atoms with E-state index in [4.69, 9.17) is 0 Å². The molecule has 6 rings (SSSR count). The van der Waals surface area contributed by atoms with Crippen LogP contribution in [0.1, 0.15) is 34.6 Å². The summed E-state index contributed by atoms with van der Waals surface area (Å²) in [7, 11) is 0. The molecule has 0 bridgehead atoms. The van der Waals surface area contributed by atoms with Crippen LogP contribution in [0, 0.1) is 0 Å². The molecule has 5 heterocycles. The Morgan fingerprint density at radius 3 is 2.72 bits per heavy atom. The van der Waals surface area contributed by atoms with Crippen molar-refractivity contribution in [2.24, 2.45) is 0 Å². The number of pyridine rings is 1. The molecule has 3 aromatic rings. The molecule has 3 aliphatic rings. The molecular formula is C24H27N7O. The van der Waals surface area contributed by atoms with Crippen molar-refractivity contribution >= 4 is 23.1 Å². The van der Waals surface area contributed by atoms with Crippen molar-refractivity contribution in [2.75, 3.05) is 36.4 Å². The van der Waals surface area contributed by atoms with Crippen molar-refractivity contribution < 1.29 is 4.79 Å². The van der Waals surface area contributed by atoms with Gasteiger partial charge in [0.05, 0.1) is 35.0 Å². The number of nitrogens with one attached hydrogen (secondary N) is 3. The summed E-state index contributed by atoms with van der Waals surface area (Å²) in [5.74, 6) is 1.84. The van der Waals surface area contributed by atoms with Gasteiger partial charge in [-0.2, -0.15) is 0 Å². The first kappa shape index (κ1) is 19.3. The van der Waals surface area contributed by atoms with E-state index >= 15 is 0 Å². The fourth-order valence-electron chi connectivity index (χ4n) is 5.03. The quantitative estimate of drug-likeness (QED) is 0.591. The number of anilines is 3. The number of benzene rings is 1.